The number of benzene rings is 2. The lowest BCUT2D eigenvalue weighted by Gasteiger charge is -2.27. The van der Waals surface area contributed by atoms with Crippen LogP contribution in [0.25, 0.3) is 0 Å². The van der Waals surface area contributed by atoms with Crippen molar-refractivity contribution in [1.82, 2.24) is 0 Å². The normalized spacial score (nSPS) is 12.7. The van der Waals surface area contributed by atoms with Crippen molar-refractivity contribution >= 4 is 19.7 Å². The average molecular weight is 547 g/mol. The molecule has 0 amide bonds. The zero-order chi connectivity index (χ0) is 26.7. The van der Waals surface area contributed by atoms with Crippen molar-refractivity contribution < 1.29 is 46.0 Å². The first-order chi connectivity index (χ1) is 17.1. The molecule has 36 heavy (non-hydrogen) atoms. The Morgan fingerprint density at radius 3 is 1.31 bits per heavy atom. The van der Waals surface area contributed by atoms with Gasteiger partial charge in [0.15, 0.2) is 0 Å². The molecule has 0 atom stereocenters. The van der Waals surface area contributed by atoms with E-state index in [1.54, 1.807) is 13.8 Å². The van der Waals surface area contributed by atoms with Gasteiger partial charge in [-0.3, -0.25) is 0 Å². The molecule has 0 aliphatic heterocycles. The Kier molecular flexibility index (Phi) is 11.9. The van der Waals surface area contributed by atoms with Gasteiger partial charge in [0, 0.05) is 0 Å². The molecule has 0 aliphatic carbocycles. The van der Waals surface area contributed by atoms with Gasteiger partial charge in [-0.2, -0.15) is 0 Å². The highest BCUT2D eigenvalue weighted by Gasteiger charge is 2.55. The molecule has 0 heterocycles. The molecule has 0 aromatic heterocycles. The number of aryl methyl sites for hydroxylation is 2. The SMILES string of the molecule is Cc1ccc(S(=O)(=O)C(O)(COCCOCCOCCOCCO)S(=O)(=O)c2ccc(C)cc2)cc1. The number of ether oxygens (including phenoxy) is 4. The summed E-state index contributed by atoms with van der Waals surface area (Å²) in [7, 11) is -9.59. The minimum Gasteiger partial charge on any atom is -0.394 e. The van der Waals surface area contributed by atoms with Crippen molar-refractivity contribution in [1.29, 1.82) is 0 Å². The van der Waals surface area contributed by atoms with Crippen LogP contribution in [-0.4, -0.2) is 90.8 Å². The van der Waals surface area contributed by atoms with E-state index in [2.05, 4.69) is 0 Å². The number of rotatable bonds is 17. The van der Waals surface area contributed by atoms with Gasteiger partial charge in [-0.1, -0.05) is 35.4 Å². The molecule has 202 valence electrons. The monoisotopic (exact) mass is 546 g/mol. The smallest absolute Gasteiger partial charge is 0.300 e. The van der Waals surface area contributed by atoms with Gasteiger partial charge < -0.3 is 29.2 Å². The molecule has 0 spiro atoms. The van der Waals surface area contributed by atoms with Crippen molar-refractivity contribution in [3.63, 3.8) is 0 Å². The lowest BCUT2D eigenvalue weighted by atomic mass is 10.2. The molecule has 12 heteroatoms. The Morgan fingerprint density at radius 1 is 0.611 bits per heavy atom. The minimum absolute atomic E-state index is 0.0234. The Labute approximate surface area is 212 Å². The van der Waals surface area contributed by atoms with Crippen molar-refractivity contribution in [3.8, 4) is 0 Å². The van der Waals surface area contributed by atoms with Crippen LogP contribution in [0.3, 0.4) is 0 Å². The fraction of sp³-hybridized carbons (Fsp3) is 0.500. The Balaban J connectivity index is 2.06. The van der Waals surface area contributed by atoms with Crippen LogP contribution >= 0.6 is 0 Å². The highest BCUT2D eigenvalue weighted by molar-refractivity contribution is 8.10. The zero-order valence-electron chi connectivity index (χ0n) is 20.5. The Hall–Kier alpha value is -1.90. The third kappa shape index (κ3) is 7.80. The second-order valence-corrected chi connectivity index (χ2v) is 12.5. The number of aliphatic hydroxyl groups excluding tert-OH is 1. The molecule has 0 unspecified atom stereocenters. The summed E-state index contributed by atoms with van der Waals surface area (Å²) >= 11 is 0. The number of hydrogen-bond acceptors (Lipinski definition) is 10. The number of sulfone groups is 2. The maximum atomic E-state index is 13.4. The molecule has 0 aliphatic rings. The van der Waals surface area contributed by atoms with Crippen LogP contribution in [0.5, 0.6) is 0 Å². The Morgan fingerprint density at radius 2 is 0.944 bits per heavy atom. The second-order valence-electron chi connectivity index (χ2n) is 7.96. The summed E-state index contributed by atoms with van der Waals surface area (Å²) in [5.41, 5.74) is 1.54. The summed E-state index contributed by atoms with van der Waals surface area (Å²) in [6.45, 7) is 3.71. The van der Waals surface area contributed by atoms with E-state index in [1.807, 2.05) is 0 Å². The predicted octanol–water partition coefficient (Wildman–Crippen LogP) is 1.26. The largest absolute Gasteiger partial charge is 0.394 e. The van der Waals surface area contributed by atoms with Crippen LogP contribution in [0.2, 0.25) is 0 Å². The van der Waals surface area contributed by atoms with Gasteiger partial charge in [-0.15, -0.1) is 0 Å². The van der Waals surface area contributed by atoms with Crippen LogP contribution in [0.4, 0.5) is 0 Å². The molecule has 0 bridgehead atoms. The van der Waals surface area contributed by atoms with Gasteiger partial charge >= 0.3 is 4.27 Å². The van der Waals surface area contributed by atoms with Gasteiger partial charge in [-0.05, 0) is 38.1 Å². The molecule has 0 fully saturated rings. The van der Waals surface area contributed by atoms with E-state index >= 15 is 0 Å². The third-order valence-corrected chi connectivity index (χ3v) is 10.2. The lowest BCUT2D eigenvalue weighted by Crippen LogP contribution is -2.50. The maximum absolute atomic E-state index is 13.4. The van der Waals surface area contributed by atoms with Crippen molar-refractivity contribution in [2.45, 2.75) is 27.9 Å². The van der Waals surface area contributed by atoms with Crippen LogP contribution in [0, 0.1) is 13.8 Å². The zero-order valence-corrected chi connectivity index (χ0v) is 22.1. The lowest BCUT2D eigenvalue weighted by molar-refractivity contribution is -0.0147. The summed E-state index contributed by atoms with van der Waals surface area (Å²) in [6, 6.07) is 11.1. The summed E-state index contributed by atoms with van der Waals surface area (Å²) in [4.78, 5) is -0.683. The summed E-state index contributed by atoms with van der Waals surface area (Å²) in [6.07, 6.45) is 0. The molecule has 0 radical (unpaired) electrons. The van der Waals surface area contributed by atoms with E-state index in [-0.39, 0.29) is 49.4 Å². The minimum atomic E-state index is -4.79. The van der Waals surface area contributed by atoms with E-state index in [1.165, 1.54) is 48.5 Å². The first-order valence-electron chi connectivity index (χ1n) is 11.3. The van der Waals surface area contributed by atoms with E-state index in [9.17, 15) is 21.9 Å². The van der Waals surface area contributed by atoms with E-state index in [0.717, 1.165) is 11.1 Å². The fourth-order valence-corrected chi connectivity index (χ4v) is 6.96. The molecule has 2 N–H and O–H groups in total. The molecular weight excluding hydrogens is 512 g/mol. The van der Waals surface area contributed by atoms with Gasteiger partial charge in [0.2, 0.25) is 19.7 Å². The predicted molar refractivity (Wildman–Crippen MR) is 132 cm³/mol. The molecular formula is C24H34O10S2. The van der Waals surface area contributed by atoms with Gasteiger partial charge in [0.1, 0.15) is 6.61 Å². The van der Waals surface area contributed by atoms with Gasteiger partial charge in [0.05, 0.1) is 62.6 Å². The summed E-state index contributed by atoms with van der Waals surface area (Å²) in [5.74, 6) is 0. The molecule has 2 aromatic carbocycles. The van der Waals surface area contributed by atoms with Crippen LogP contribution in [-0.2, 0) is 38.6 Å². The van der Waals surface area contributed by atoms with Crippen LogP contribution in [0.1, 0.15) is 11.1 Å². The number of hydrogen-bond donors (Lipinski definition) is 2. The van der Waals surface area contributed by atoms with Crippen LogP contribution in [0.15, 0.2) is 58.3 Å². The van der Waals surface area contributed by atoms with E-state index in [4.69, 9.17) is 24.1 Å². The van der Waals surface area contributed by atoms with Crippen molar-refractivity contribution in [2.75, 3.05) is 59.5 Å². The summed E-state index contributed by atoms with van der Waals surface area (Å²) < 4.78 is 71.3. The van der Waals surface area contributed by atoms with E-state index < -0.39 is 30.5 Å². The molecule has 10 nitrogen and oxygen atoms in total. The summed E-state index contributed by atoms with van der Waals surface area (Å²) in [5, 5.41) is 19.9. The second kappa shape index (κ2) is 14.1. The van der Waals surface area contributed by atoms with Gasteiger partial charge in [-0.25, -0.2) is 16.8 Å². The topological polar surface area (TPSA) is 146 Å². The number of aliphatic hydroxyl groups is 2. The molecule has 2 rings (SSSR count). The molecule has 0 saturated carbocycles. The van der Waals surface area contributed by atoms with Crippen LogP contribution < -0.4 is 0 Å². The van der Waals surface area contributed by atoms with E-state index in [0.29, 0.717) is 13.2 Å². The standard InChI is InChI=1S/C24H34O10S2/c1-20-3-7-22(8-4-20)35(27,28)24(26,36(29,30)23-9-5-21(2)6-10-23)19-34-18-17-33-16-15-32-14-13-31-12-11-25/h3-10,25-26H,11-19H2,1-2H3. The maximum Gasteiger partial charge on any atom is 0.300 e. The first-order valence-corrected chi connectivity index (χ1v) is 14.3. The molecule has 0 saturated heterocycles. The van der Waals surface area contributed by atoms with Gasteiger partial charge in [0.25, 0.3) is 0 Å². The van der Waals surface area contributed by atoms with Crippen molar-refractivity contribution in [2.24, 2.45) is 0 Å². The molecule has 2 aromatic rings. The van der Waals surface area contributed by atoms with Crippen molar-refractivity contribution in [3.05, 3.63) is 59.7 Å². The highest BCUT2D eigenvalue weighted by Crippen LogP contribution is 2.34. The average Bonchev–Trinajstić information content (AvgIpc) is 2.85. The Bertz CT molecular complexity index is 1050. The quantitative estimate of drug-likeness (QED) is 0.278. The first kappa shape index (κ1) is 30.3. The third-order valence-electron chi connectivity index (χ3n) is 5.14. The highest BCUT2D eigenvalue weighted by atomic mass is 32.3. The fourth-order valence-electron chi connectivity index (χ4n) is 3.03.